The van der Waals surface area contributed by atoms with Crippen LogP contribution in [0.1, 0.15) is 20.8 Å². The quantitative estimate of drug-likeness (QED) is 0.509. The minimum Gasteiger partial charge on any atom is -0.444 e. The van der Waals surface area contributed by atoms with Gasteiger partial charge in [0, 0.05) is 37.2 Å². The van der Waals surface area contributed by atoms with Gasteiger partial charge in [-0.25, -0.2) is 4.79 Å². The standard InChI is InChI=1S/C15H27IN2O4/c1-15(2,3)22-14(19)18-6-4-17(5-7-18)9-13-11-20-12(8-16)10-21-13/h12-13H,4-11H2,1-3H3/t12-,13-/m1/s1. The first-order chi connectivity index (χ1) is 10.4. The summed E-state index contributed by atoms with van der Waals surface area (Å²) in [5, 5.41) is 0. The molecule has 6 nitrogen and oxygen atoms in total. The Morgan fingerprint density at radius 3 is 2.23 bits per heavy atom. The monoisotopic (exact) mass is 426 g/mol. The van der Waals surface area contributed by atoms with Gasteiger partial charge < -0.3 is 19.1 Å². The summed E-state index contributed by atoms with van der Waals surface area (Å²) >= 11 is 2.32. The van der Waals surface area contributed by atoms with Crippen molar-refractivity contribution in [2.75, 3.05) is 50.4 Å². The van der Waals surface area contributed by atoms with Crippen LogP contribution >= 0.6 is 22.6 Å². The van der Waals surface area contributed by atoms with Crippen LogP contribution in [-0.2, 0) is 14.2 Å². The molecule has 0 radical (unpaired) electrons. The number of nitrogens with zero attached hydrogens (tertiary/aromatic N) is 2. The number of halogens is 1. The number of carbonyl (C=O) groups excluding carboxylic acids is 1. The molecule has 2 aliphatic rings. The molecule has 0 saturated carbocycles. The van der Waals surface area contributed by atoms with Gasteiger partial charge >= 0.3 is 6.09 Å². The zero-order chi connectivity index (χ0) is 16.2. The number of ether oxygens (including phenoxy) is 3. The summed E-state index contributed by atoms with van der Waals surface area (Å²) in [6, 6.07) is 0. The summed E-state index contributed by atoms with van der Waals surface area (Å²) in [5.41, 5.74) is -0.434. The molecule has 2 aliphatic heterocycles. The topological polar surface area (TPSA) is 51.2 Å². The second kappa shape index (κ2) is 8.12. The molecule has 128 valence electrons. The molecule has 1 amide bonds. The van der Waals surface area contributed by atoms with E-state index >= 15 is 0 Å². The number of alkyl halides is 1. The summed E-state index contributed by atoms with van der Waals surface area (Å²) in [5.74, 6) is 0. The number of carbonyl (C=O) groups is 1. The minimum absolute atomic E-state index is 0.146. The molecule has 2 heterocycles. The molecule has 22 heavy (non-hydrogen) atoms. The minimum atomic E-state index is -0.434. The van der Waals surface area contributed by atoms with E-state index in [0.717, 1.165) is 24.1 Å². The Hall–Kier alpha value is -0.120. The van der Waals surface area contributed by atoms with E-state index in [2.05, 4.69) is 27.5 Å². The molecule has 0 N–H and O–H groups in total. The summed E-state index contributed by atoms with van der Waals surface area (Å²) in [7, 11) is 0. The third kappa shape index (κ3) is 5.82. The van der Waals surface area contributed by atoms with Crippen LogP contribution in [0, 0.1) is 0 Å². The van der Waals surface area contributed by atoms with E-state index < -0.39 is 5.60 Å². The first-order valence-corrected chi connectivity index (χ1v) is 9.39. The van der Waals surface area contributed by atoms with Crippen LogP contribution in [0.3, 0.4) is 0 Å². The molecule has 0 aromatic rings. The molecular formula is C15H27IN2O4. The van der Waals surface area contributed by atoms with E-state index in [1.165, 1.54) is 0 Å². The predicted octanol–water partition coefficient (Wildman–Crippen LogP) is 1.76. The van der Waals surface area contributed by atoms with Crippen molar-refractivity contribution >= 4 is 28.7 Å². The largest absolute Gasteiger partial charge is 0.444 e. The van der Waals surface area contributed by atoms with Crippen LogP contribution in [-0.4, -0.2) is 84.1 Å². The highest BCUT2D eigenvalue weighted by Gasteiger charge is 2.28. The van der Waals surface area contributed by atoms with E-state index in [1.54, 1.807) is 4.90 Å². The van der Waals surface area contributed by atoms with Gasteiger partial charge in [-0.1, -0.05) is 22.6 Å². The van der Waals surface area contributed by atoms with Crippen molar-refractivity contribution in [3.63, 3.8) is 0 Å². The lowest BCUT2D eigenvalue weighted by molar-refractivity contribution is -0.132. The SMILES string of the molecule is CC(C)(C)OC(=O)N1CCN(C[C@@H]2CO[C@H](CI)CO2)CC1. The fourth-order valence-corrected chi connectivity index (χ4v) is 3.01. The molecular weight excluding hydrogens is 399 g/mol. The molecule has 0 unspecified atom stereocenters. The fourth-order valence-electron chi connectivity index (χ4n) is 2.51. The van der Waals surface area contributed by atoms with Gasteiger partial charge in [-0.3, -0.25) is 4.90 Å². The molecule has 0 bridgehead atoms. The first-order valence-electron chi connectivity index (χ1n) is 7.87. The van der Waals surface area contributed by atoms with E-state index in [4.69, 9.17) is 14.2 Å². The Morgan fingerprint density at radius 1 is 1.14 bits per heavy atom. The zero-order valence-electron chi connectivity index (χ0n) is 13.7. The lowest BCUT2D eigenvalue weighted by Gasteiger charge is -2.38. The third-order valence-electron chi connectivity index (χ3n) is 3.69. The van der Waals surface area contributed by atoms with Gasteiger partial charge in [0.25, 0.3) is 0 Å². The predicted molar refractivity (Wildman–Crippen MR) is 92.6 cm³/mol. The second-order valence-electron chi connectivity index (χ2n) is 6.83. The molecule has 0 aromatic carbocycles. The van der Waals surface area contributed by atoms with Crippen molar-refractivity contribution in [1.29, 1.82) is 0 Å². The van der Waals surface area contributed by atoms with Crippen molar-refractivity contribution in [3.05, 3.63) is 0 Å². The fraction of sp³-hybridized carbons (Fsp3) is 0.933. The summed E-state index contributed by atoms with van der Waals surface area (Å²) < 4.78 is 18.0. The molecule has 0 aliphatic carbocycles. The van der Waals surface area contributed by atoms with Crippen LogP contribution in [0.5, 0.6) is 0 Å². The summed E-state index contributed by atoms with van der Waals surface area (Å²) in [6.45, 7) is 11.0. The van der Waals surface area contributed by atoms with Gasteiger partial charge in [0.05, 0.1) is 25.4 Å². The van der Waals surface area contributed by atoms with Crippen molar-refractivity contribution in [3.8, 4) is 0 Å². The number of piperazine rings is 1. The van der Waals surface area contributed by atoms with Crippen LogP contribution in [0.15, 0.2) is 0 Å². The molecule has 2 rings (SSSR count). The molecule has 7 heteroatoms. The molecule has 2 saturated heterocycles. The average Bonchev–Trinajstić information content (AvgIpc) is 2.47. The van der Waals surface area contributed by atoms with Gasteiger partial charge in [-0.05, 0) is 20.8 Å². The van der Waals surface area contributed by atoms with Crippen LogP contribution in [0.4, 0.5) is 4.79 Å². The number of hydrogen-bond donors (Lipinski definition) is 0. The van der Waals surface area contributed by atoms with Gasteiger partial charge in [0.1, 0.15) is 5.60 Å². The molecule has 2 fully saturated rings. The maximum atomic E-state index is 12.0. The summed E-state index contributed by atoms with van der Waals surface area (Å²) in [6.07, 6.45) is 0.169. The normalized spacial score (nSPS) is 27.7. The van der Waals surface area contributed by atoms with Crippen LogP contribution in [0.25, 0.3) is 0 Å². The van der Waals surface area contributed by atoms with Crippen LogP contribution < -0.4 is 0 Å². The van der Waals surface area contributed by atoms with Gasteiger partial charge in [-0.2, -0.15) is 0 Å². The van der Waals surface area contributed by atoms with E-state index in [1.807, 2.05) is 20.8 Å². The first kappa shape index (κ1) is 18.2. The third-order valence-corrected chi connectivity index (χ3v) is 4.68. The Bertz CT molecular complexity index is 359. The maximum Gasteiger partial charge on any atom is 0.410 e. The number of rotatable bonds is 3. The van der Waals surface area contributed by atoms with Crippen molar-refractivity contribution < 1.29 is 19.0 Å². The highest BCUT2D eigenvalue weighted by Crippen LogP contribution is 2.14. The highest BCUT2D eigenvalue weighted by molar-refractivity contribution is 14.1. The molecule has 0 aromatic heterocycles. The Balaban J connectivity index is 1.68. The Morgan fingerprint density at radius 2 is 1.73 bits per heavy atom. The lowest BCUT2D eigenvalue weighted by Crippen LogP contribution is -2.53. The highest BCUT2D eigenvalue weighted by atomic mass is 127. The van der Waals surface area contributed by atoms with Gasteiger partial charge in [-0.15, -0.1) is 0 Å². The smallest absolute Gasteiger partial charge is 0.410 e. The Kier molecular flexibility index (Phi) is 6.73. The summed E-state index contributed by atoms with van der Waals surface area (Å²) in [4.78, 5) is 16.1. The molecule has 2 atom stereocenters. The van der Waals surface area contributed by atoms with Crippen molar-refractivity contribution in [1.82, 2.24) is 9.80 Å². The maximum absolute atomic E-state index is 12.0. The van der Waals surface area contributed by atoms with E-state index in [9.17, 15) is 4.79 Å². The lowest BCUT2D eigenvalue weighted by atomic mass is 10.2. The van der Waals surface area contributed by atoms with E-state index in [0.29, 0.717) is 26.3 Å². The van der Waals surface area contributed by atoms with Crippen molar-refractivity contribution in [2.24, 2.45) is 0 Å². The van der Waals surface area contributed by atoms with Crippen molar-refractivity contribution in [2.45, 2.75) is 38.6 Å². The Labute approximate surface area is 146 Å². The average molecular weight is 426 g/mol. The second-order valence-corrected chi connectivity index (χ2v) is 7.71. The van der Waals surface area contributed by atoms with Gasteiger partial charge in [0.15, 0.2) is 0 Å². The van der Waals surface area contributed by atoms with Gasteiger partial charge in [0.2, 0.25) is 0 Å². The van der Waals surface area contributed by atoms with E-state index in [-0.39, 0.29) is 18.3 Å². The number of amides is 1. The molecule has 0 spiro atoms. The number of hydrogen-bond acceptors (Lipinski definition) is 5. The van der Waals surface area contributed by atoms with Crippen LogP contribution in [0.2, 0.25) is 0 Å². The zero-order valence-corrected chi connectivity index (χ0v) is 15.9.